The van der Waals surface area contributed by atoms with Gasteiger partial charge >= 0.3 is 0 Å². The maximum Gasteiger partial charge on any atom is 0.0541 e. The summed E-state index contributed by atoms with van der Waals surface area (Å²) in [6.07, 6.45) is 8.11. The van der Waals surface area contributed by atoms with E-state index in [-0.39, 0.29) is 0 Å². The van der Waals surface area contributed by atoms with Gasteiger partial charge in [0.25, 0.3) is 0 Å². The fourth-order valence-corrected chi connectivity index (χ4v) is 3.61. The lowest BCUT2D eigenvalue weighted by Gasteiger charge is -2.09. The summed E-state index contributed by atoms with van der Waals surface area (Å²) in [5.74, 6) is 0. The minimum Gasteiger partial charge on any atom is -0.309 e. The molecule has 0 amide bonds. The van der Waals surface area contributed by atoms with Gasteiger partial charge in [0.05, 0.1) is 11.0 Å². The van der Waals surface area contributed by atoms with Crippen molar-refractivity contribution in [1.29, 1.82) is 0 Å². The third-order valence-electron chi connectivity index (χ3n) is 4.98. The summed E-state index contributed by atoms with van der Waals surface area (Å²) < 4.78 is 2.29. The van der Waals surface area contributed by atoms with Crippen molar-refractivity contribution < 1.29 is 0 Å². The van der Waals surface area contributed by atoms with E-state index in [1.54, 1.807) is 0 Å². The van der Waals surface area contributed by atoms with Gasteiger partial charge in [-0.3, -0.25) is 0 Å². The quantitative estimate of drug-likeness (QED) is 0.339. The Bertz CT molecular complexity index is 1180. The second-order valence-electron chi connectivity index (χ2n) is 6.77. The average molecular weight is 349 g/mol. The Labute approximate surface area is 160 Å². The van der Waals surface area contributed by atoms with Crippen LogP contribution in [0.25, 0.3) is 38.6 Å². The predicted octanol–water partition coefficient (Wildman–Crippen LogP) is 7.37. The van der Waals surface area contributed by atoms with Crippen LogP contribution >= 0.6 is 0 Å². The number of aryl methyl sites for hydroxylation is 1. The largest absolute Gasteiger partial charge is 0.309 e. The topological polar surface area (TPSA) is 4.93 Å². The number of hydrogen-bond donors (Lipinski definition) is 0. The van der Waals surface area contributed by atoms with E-state index in [0.717, 1.165) is 5.70 Å². The van der Waals surface area contributed by atoms with Gasteiger partial charge in [-0.1, -0.05) is 72.8 Å². The third-order valence-corrected chi connectivity index (χ3v) is 4.98. The first kappa shape index (κ1) is 17.1. The molecule has 0 N–H and O–H groups in total. The van der Waals surface area contributed by atoms with Gasteiger partial charge in [0, 0.05) is 16.5 Å². The highest BCUT2D eigenvalue weighted by Gasteiger charge is 2.12. The molecule has 0 radical (unpaired) electrons. The van der Waals surface area contributed by atoms with E-state index in [9.17, 15) is 0 Å². The number of benzene rings is 3. The molecule has 0 aliphatic heterocycles. The molecule has 1 heterocycles. The van der Waals surface area contributed by atoms with Crippen molar-refractivity contribution in [2.75, 3.05) is 0 Å². The van der Waals surface area contributed by atoms with E-state index in [1.165, 1.54) is 38.5 Å². The molecule has 0 saturated carbocycles. The SMILES string of the molecule is C=C/C(=C\C=C/C)n1c2ccccc2c2cc(-c3ccc(C)cc3)ccc21. The molecule has 0 aliphatic rings. The molecule has 3 aromatic carbocycles. The van der Waals surface area contributed by atoms with Crippen LogP contribution in [0.3, 0.4) is 0 Å². The molecule has 1 nitrogen and oxygen atoms in total. The van der Waals surface area contributed by atoms with Crippen LogP contribution in [0.5, 0.6) is 0 Å². The lowest BCUT2D eigenvalue weighted by Crippen LogP contribution is -1.93. The predicted molar refractivity (Wildman–Crippen MR) is 119 cm³/mol. The van der Waals surface area contributed by atoms with Crippen molar-refractivity contribution in [2.45, 2.75) is 13.8 Å². The number of hydrogen-bond acceptors (Lipinski definition) is 0. The van der Waals surface area contributed by atoms with Crippen molar-refractivity contribution in [3.05, 3.63) is 103 Å². The van der Waals surface area contributed by atoms with Gasteiger partial charge in [-0.15, -0.1) is 0 Å². The molecule has 0 bridgehead atoms. The summed E-state index contributed by atoms with van der Waals surface area (Å²) in [7, 11) is 0. The lowest BCUT2D eigenvalue weighted by atomic mass is 10.0. The maximum atomic E-state index is 4.03. The Morgan fingerprint density at radius 1 is 0.852 bits per heavy atom. The molecular weight excluding hydrogens is 326 g/mol. The molecule has 0 saturated heterocycles. The van der Waals surface area contributed by atoms with Crippen LogP contribution in [0.2, 0.25) is 0 Å². The van der Waals surface area contributed by atoms with Crippen molar-refractivity contribution in [3.8, 4) is 11.1 Å². The van der Waals surface area contributed by atoms with Crippen molar-refractivity contribution >= 4 is 27.5 Å². The minimum absolute atomic E-state index is 1.07. The first-order valence-corrected chi connectivity index (χ1v) is 9.29. The molecule has 4 rings (SSSR count). The lowest BCUT2D eigenvalue weighted by molar-refractivity contribution is 1.24. The van der Waals surface area contributed by atoms with E-state index in [2.05, 4.69) is 97.0 Å². The maximum absolute atomic E-state index is 4.03. The van der Waals surface area contributed by atoms with Crippen molar-refractivity contribution in [2.24, 2.45) is 0 Å². The van der Waals surface area contributed by atoms with Crippen molar-refractivity contribution in [3.63, 3.8) is 0 Å². The molecule has 0 unspecified atom stereocenters. The van der Waals surface area contributed by atoms with E-state index in [0.29, 0.717) is 0 Å². The molecule has 4 aromatic rings. The monoisotopic (exact) mass is 349 g/mol. The zero-order valence-electron chi connectivity index (χ0n) is 15.8. The Hall–Kier alpha value is -3.32. The molecule has 0 spiro atoms. The fraction of sp³-hybridized carbons (Fsp3) is 0.0769. The van der Waals surface area contributed by atoms with Gasteiger partial charge in [-0.25, -0.2) is 0 Å². The van der Waals surface area contributed by atoms with Crippen LogP contribution in [0.4, 0.5) is 0 Å². The summed E-state index contributed by atoms with van der Waals surface area (Å²) >= 11 is 0. The number of rotatable bonds is 4. The highest BCUT2D eigenvalue weighted by Crippen LogP contribution is 2.34. The van der Waals surface area contributed by atoms with Crippen molar-refractivity contribution in [1.82, 2.24) is 4.57 Å². The molecule has 0 aliphatic carbocycles. The molecule has 0 fully saturated rings. The minimum atomic E-state index is 1.07. The Kier molecular flexibility index (Phi) is 4.52. The van der Waals surface area contributed by atoms with Crippen LogP contribution < -0.4 is 0 Å². The van der Waals surface area contributed by atoms with Gasteiger partial charge in [0.1, 0.15) is 0 Å². The second kappa shape index (κ2) is 7.13. The van der Waals surface area contributed by atoms with E-state index >= 15 is 0 Å². The molecule has 132 valence electrons. The molecule has 27 heavy (non-hydrogen) atoms. The van der Waals surface area contributed by atoms with Crippen LogP contribution in [0.15, 0.2) is 97.6 Å². The van der Waals surface area contributed by atoms with Gasteiger partial charge in [0.2, 0.25) is 0 Å². The van der Waals surface area contributed by atoms with Crippen LogP contribution in [-0.2, 0) is 0 Å². The standard InChI is InChI=1S/C26H23N/c1-4-6-9-22(5-2)27-25-11-8-7-10-23(25)24-18-21(16-17-26(24)27)20-14-12-19(3)13-15-20/h4-18H,2H2,1,3H3/b6-4-,22-9+. The zero-order valence-corrected chi connectivity index (χ0v) is 15.8. The van der Waals surface area contributed by atoms with Gasteiger partial charge in [0.15, 0.2) is 0 Å². The first-order valence-electron chi connectivity index (χ1n) is 9.29. The van der Waals surface area contributed by atoms with Crippen LogP contribution in [-0.4, -0.2) is 4.57 Å². The number of nitrogens with zero attached hydrogens (tertiary/aromatic N) is 1. The number of fused-ring (bicyclic) bond motifs is 3. The number of allylic oxidation sites excluding steroid dienone is 5. The first-order chi connectivity index (χ1) is 13.2. The highest BCUT2D eigenvalue weighted by atomic mass is 15.0. The fourth-order valence-electron chi connectivity index (χ4n) is 3.61. The van der Waals surface area contributed by atoms with E-state index < -0.39 is 0 Å². The normalized spacial score (nSPS) is 12.3. The Morgan fingerprint density at radius 2 is 1.56 bits per heavy atom. The third kappa shape index (κ3) is 3.02. The van der Waals surface area contributed by atoms with Crippen LogP contribution in [0, 0.1) is 6.92 Å². The number of aromatic nitrogens is 1. The molecule has 1 heteroatoms. The van der Waals surface area contributed by atoms with E-state index in [4.69, 9.17) is 0 Å². The number of para-hydroxylation sites is 1. The highest BCUT2D eigenvalue weighted by molar-refractivity contribution is 6.11. The smallest absolute Gasteiger partial charge is 0.0541 e. The Morgan fingerprint density at radius 3 is 2.30 bits per heavy atom. The Balaban J connectivity index is 2.01. The summed E-state index contributed by atoms with van der Waals surface area (Å²) in [5.41, 5.74) is 7.23. The summed E-state index contributed by atoms with van der Waals surface area (Å²) in [6, 6.07) is 24.0. The second-order valence-corrected chi connectivity index (χ2v) is 6.77. The van der Waals surface area contributed by atoms with Gasteiger partial charge < -0.3 is 4.57 Å². The summed E-state index contributed by atoms with van der Waals surface area (Å²) in [5, 5.41) is 2.52. The van der Waals surface area contributed by atoms with Crippen LogP contribution in [0.1, 0.15) is 12.5 Å². The average Bonchev–Trinajstić information content (AvgIpc) is 3.03. The van der Waals surface area contributed by atoms with Gasteiger partial charge in [-0.2, -0.15) is 0 Å². The molecule has 1 aromatic heterocycles. The summed E-state index contributed by atoms with van der Waals surface area (Å²) in [4.78, 5) is 0. The summed E-state index contributed by atoms with van der Waals surface area (Å²) in [6.45, 7) is 8.18. The van der Waals surface area contributed by atoms with E-state index in [1.807, 2.05) is 19.1 Å². The molecule has 0 atom stereocenters. The molecular formula is C26H23N. The zero-order chi connectivity index (χ0) is 18.8. The van der Waals surface area contributed by atoms with Gasteiger partial charge in [-0.05, 0) is 55.3 Å².